The molecule has 1 aromatic carbocycles. The second-order valence-electron chi connectivity index (χ2n) is 2.81. The maximum absolute atomic E-state index is 5.36. The molecule has 6 heteroatoms. The molecular formula is C9H8BrN3O2. The van der Waals surface area contributed by atoms with Gasteiger partial charge in [-0.05, 0) is 39.3 Å². The summed E-state index contributed by atoms with van der Waals surface area (Å²) in [5, 5.41) is 3.51. The van der Waals surface area contributed by atoms with E-state index in [2.05, 4.69) is 26.1 Å². The summed E-state index contributed by atoms with van der Waals surface area (Å²) in [6.07, 6.45) is 0. The van der Waals surface area contributed by atoms with Crippen molar-refractivity contribution in [3.05, 3.63) is 22.7 Å². The molecule has 2 rings (SSSR count). The highest BCUT2D eigenvalue weighted by atomic mass is 79.9. The zero-order chi connectivity index (χ0) is 10.8. The number of nitrogen functional groups attached to an aromatic ring is 1. The maximum Gasteiger partial charge on any atom is 0.261 e. The summed E-state index contributed by atoms with van der Waals surface area (Å²) < 4.78 is 10.9. The van der Waals surface area contributed by atoms with E-state index in [9.17, 15) is 0 Å². The third-order valence-corrected chi connectivity index (χ3v) is 2.46. The van der Waals surface area contributed by atoms with Gasteiger partial charge in [-0.3, -0.25) is 0 Å². The number of rotatable bonds is 2. The van der Waals surface area contributed by atoms with Gasteiger partial charge in [0, 0.05) is 5.56 Å². The minimum atomic E-state index is 0.122. The number of aromatic nitrogens is 2. The Bertz CT molecular complexity index is 484. The first kappa shape index (κ1) is 9.97. The number of ether oxygens (including phenoxy) is 1. The lowest BCUT2D eigenvalue weighted by atomic mass is 10.2. The number of nitrogens with two attached hydrogens (primary N) is 1. The van der Waals surface area contributed by atoms with Crippen LogP contribution in [-0.2, 0) is 0 Å². The number of methoxy groups -OCH3 is 1. The van der Waals surface area contributed by atoms with Crippen LogP contribution < -0.4 is 10.5 Å². The van der Waals surface area contributed by atoms with Crippen molar-refractivity contribution in [2.24, 2.45) is 0 Å². The van der Waals surface area contributed by atoms with Crippen LogP contribution in [0.15, 0.2) is 27.2 Å². The summed E-state index contributed by atoms with van der Waals surface area (Å²) in [5.74, 6) is 1.25. The average molecular weight is 270 g/mol. The van der Waals surface area contributed by atoms with Gasteiger partial charge in [0.1, 0.15) is 5.75 Å². The van der Waals surface area contributed by atoms with Crippen molar-refractivity contribution in [3.8, 4) is 17.2 Å². The van der Waals surface area contributed by atoms with Gasteiger partial charge in [-0.1, -0.05) is 0 Å². The highest BCUT2D eigenvalue weighted by Crippen LogP contribution is 2.29. The Kier molecular flexibility index (Phi) is 2.59. The Morgan fingerprint density at radius 2 is 2.27 bits per heavy atom. The van der Waals surface area contributed by atoms with E-state index >= 15 is 0 Å². The second kappa shape index (κ2) is 3.90. The molecule has 1 aromatic heterocycles. The maximum atomic E-state index is 5.36. The van der Waals surface area contributed by atoms with Crippen LogP contribution in [0.4, 0.5) is 5.95 Å². The molecule has 2 N–H and O–H groups in total. The zero-order valence-electron chi connectivity index (χ0n) is 7.90. The normalized spacial score (nSPS) is 10.3. The Morgan fingerprint density at radius 1 is 1.47 bits per heavy atom. The fourth-order valence-electron chi connectivity index (χ4n) is 1.15. The van der Waals surface area contributed by atoms with Gasteiger partial charge < -0.3 is 15.0 Å². The topological polar surface area (TPSA) is 74.2 Å². The number of hydrogen-bond donors (Lipinski definition) is 1. The van der Waals surface area contributed by atoms with E-state index in [0.717, 1.165) is 15.8 Å². The van der Waals surface area contributed by atoms with E-state index < -0.39 is 0 Å². The van der Waals surface area contributed by atoms with Crippen molar-refractivity contribution in [1.82, 2.24) is 10.1 Å². The summed E-state index contributed by atoms with van der Waals surface area (Å²) in [6, 6.07) is 5.45. The van der Waals surface area contributed by atoms with Crippen molar-refractivity contribution in [2.45, 2.75) is 0 Å². The molecular weight excluding hydrogens is 262 g/mol. The number of benzene rings is 1. The largest absolute Gasteiger partial charge is 0.496 e. The van der Waals surface area contributed by atoms with Crippen molar-refractivity contribution in [2.75, 3.05) is 12.8 Å². The average Bonchev–Trinajstić information content (AvgIpc) is 2.65. The predicted octanol–water partition coefficient (Wildman–Crippen LogP) is 2.09. The molecule has 2 aromatic rings. The lowest BCUT2D eigenvalue weighted by Gasteiger charge is -2.02. The van der Waals surface area contributed by atoms with Crippen molar-refractivity contribution >= 4 is 21.9 Å². The van der Waals surface area contributed by atoms with E-state index in [1.807, 2.05) is 12.1 Å². The monoisotopic (exact) mass is 269 g/mol. The Balaban J connectivity index is 2.42. The quantitative estimate of drug-likeness (QED) is 0.904. The van der Waals surface area contributed by atoms with Gasteiger partial charge in [0.25, 0.3) is 11.8 Å². The van der Waals surface area contributed by atoms with E-state index in [-0.39, 0.29) is 5.95 Å². The number of nitrogens with zero attached hydrogens (tertiary/aromatic N) is 2. The van der Waals surface area contributed by atoms with Gasteiger partial charge >= 0.3 is 0 Å². The summed E-state index contributed by atoms with van der Waals surface area (Å²) in [6.45, 7) is 0. The molecule has 5 nitrogen and oxygen atoms in total. The summed E-state index contributed by atoms with van der Waals surface area (Å²) in [4.78, 5) is 3.92. The fraction of sp³-hybridized carbons (Fsp3) is 0.111. The molecule has 1 heterocycles. The number of halogens is 1. The smallest absolute Gasteiger partial charge is 0.261 e. The van der Waals surface area contributed by atoms with Gasteiger partial charge in [-0.25, -0.2) is 0 Å². The first-order valence-electron chi connectivity index (χ1n) is 4.14. The van der Waals surface area contributed by atoms with Crippen molar-refractivity contribution < 1.29 is 9.26 Å². The lowest BCUT2D eigenvalue weighted by molar-refractivity contribution is 0.411. The molecule has 0 amide bonds. The molecule has 78 valence electrons. The van der Waals surface area contributed by atoms with Crippen LogP contribution in [0, 0.1) is 0 Å². The minimum Gasteiger partial charge on any atom is -0.496 e. The fourth-order valence-corrected chi connectivity index (χ4v) is 1.69. The van der Waals surface area contributed by atoms with E-state index in [0.29, 0.717) is 5.89 Å². The van der Waals surface area contributed by atoms with Gasteiger partial charge in [-0.15, -0.1) is 0 Å². The summed E-state index contributed by atoms with van der Waals surface area (Å²) in [5.41, 5.74) is 6.14. The molecule has 0 spiro atoms. The van der Waals surface area contributed by atoms with E-state index in [1.54, 1.807) is 13.2 Å². The van der Waals surface area contributed by atoms with E-state index in [4.69, 9.17) is 15.0 Å². The van der Waals surface area contributed by atoms with Crippen LogP contribution in [0.25, 0.3) is 11.5 Å². The Hall–Kier alpha value is -1.56. The molecule has 0 atom stereocenters. The first-order valence-corrected chi connectivity index (χ1v) is 4.93. The minimum absolute atomic E-state index is 0.122. The molecule has 0 fully saturated rings. The predicted molar refractivity (Wildman–Crippen MR) is 58.4 cm³/mol. The van der Waals surface area contributed by atoms with Gasteiger partial charge in [0.15, 0.2) is 0 Å². The number of hydrogen-bond acceptors (Lipinski definition) is 5. The van der Waals surface area contributed by atoms with Crippen LogP contribution >= 0.6 is 15.9 Å². The third kappa shape index (κ3) is 1.94. The van der Waals surface area contributed by atoms with Crippen LogP contribution in [0.2, 0.25) is 0 Å². The first-order chi connectivity index (χ1) is 7.20. The summed E-state index contributed by atoms with van der Waals surface area (Å²) >= 11 is 3.37. The lowest BCUT2D eigenvalue weighted by Crippen LogP contribution is -1.87. The van der Waals surface area contributed by atoms with Crippen LogP contribution in [0.5, 0.6) is 5.75 Å². The van der Waals surface area contributed by atoms with Crippen molar-refractivity contribution in [1.29, 1.82) is 0 Å². The number of anilines is 1. The molecule has 0 saturated heterocycles. The molecule has 0 aliphatic carbocycles. The molecule has 0 saturated carbocycles. The molecule has 0 unspecified atom stereocenters. The molecule has 0 bridgehead atoms. The zero-order valence-corrected chi connectivity index (χ0v) is 9.48. The SMILES string of the molecule is COc1ccc(-c2nc(N)no2)cc1Br. The Morgan fingerprint density at radius 3 is 2.80 bits per heavy atom. The van der Waals surface area contributed by atoms with Gasteiger partial charge in [0.2, 0.25) is 0 Å². The van der Waals surface area contributed by atoms with Crippen molar-refractivity contribution in [3.63, 3.8) is 0 Å². The standard InChI is InChI=1S/C9H8BrN3O2/c1-14-7-3-2-5(4-6(7)10)8-12-9(11)13-15-8/h2-4H,1H3,(H2,11,13). The highest BCUT2D eigenvalue weighted by Gasteiger charge is 2.09. The summed E-state index contributed by atoms with van der Waals surface area (Å²) in [7, 11) is 1.60. The van der Waals surface area contributed by atoms with Crippen LogP contribution in [0.1, 0.15) is 0 Å². The van der Waals surface area contributed by atoms with E-state index in [1.165, 1.54) is 0 Å². The molecule has 15 heavy (non-hydrogen) atoms. The molecule has 0 radical (unpaired) electrons. The van der Waals surface area contributed by atoms with Crippen LogP contribution in [-0.4, -0.2) is 17.3 Å². The second-order valence-corrected chi connectivity index (χ2v) is 3.66. The highest BCUT2D eigenvalue weighted by molar-refractivity contribution is 9.10. The van der Waals surface area contributed by atoms with Crippen LogP contribution in [0.3, 0.4) is 0 Å². The Labute approximate surface area is 94.4 Å². The van der Waals surface area contributed by atoms with Gasteiger partial charge in [-0.2, -0.15) is 4.98 Å². The third-order valence-electron chi connectivity index (χ3n) is 1.84. The molecule has 0 aliphatic rings. The molecule has 0 aliphatic heterocycles. The van der Waals surface area contributed by atoms with Gasteiger partial charge in [0.05, 0.1) is 11.6 Å².